The molecule has 0 aliphatic rings. The zero-order valence-electron chi connectivity index (χ0n) is 10.2. The van der Waals surface area contributed by atoms with E-state index < -0.39 is 8.25 Å². The Bertz CT molecular complexity index is 176. The molecule has 0 saturated carbocycles. The van der Waals surface area contributed by atoms with E-state index in [0.29, 0.717) is 19.3 Å². The van der Waals surface area contributed by atoms with Crippen molar-refractivity contribution in [3.05, 3.63) is 0 Å². The first kappa shape index (κ1) is 15.0. The maximum Gasteiger partial charge on any atom is 0.697 e. The van der Waals surface area contributed by atoms with Crippen LogP contribution in [-0.4, -0.2) is 37.7 Å². The molecule has 0 radical (unpaired) electrons. The SMILES string of the molecule is CCCO[P+](=O)OCCCN(C)C(C)C. The molecule has 0 amide bonds. The lowest BCUT2D eigenvalue weighted by Crippen LogP contribution is -2.27. The van der Waals surface area contributed by atoms with Crippen LogP contribution in [0.25, 0.3) is 0 Å². The summed E-state index contributed by atoms with van der Waals surface area (Å²) in [5.74, 6) is 0. The van der Waals surface area contributed by atoms with Crippen molar-refractivity contribution in [2.75, 3.05) is 26.8 Å². The van der Waals surface area contributed by atoms with Crippen LogP contribution in [0.2, 0.25) is 0 Å². The lowest BCUT2D eigenvalue weighted by molar-refractivity contribution is 0.203. The van der Waals surface area contributed by atoms with Gasteiger partial charge in [0.05, 0.1) is 0 Å². The lowest BCUT2D eigenvalue weighted by Gasteiger charge is -2.19. The van der Waals surface area contributed by atoms with Crippen molar-refractivity contribution in [3.63, 3.8) is 0 Å². The number of nitrogens with zero attached hydrogens (tertiary/aromatic N) is 1. The summed E-state index contributed by atoms with van der Waals surface area (Å²) in [6, 6.07) is 0.537. The summed E-state index contributed by atoms with van der Waals surface area (Å²) in [6.07, 6.45) is 1.74. The van der Waals surface area contributed by atoms with Gasteiger partial charge in [-0.1, -0.05) is 6.92 Å². The second kappa shape index (κ2) is 9.22. The normalized spacial score (nSPS) is 12.5. The van der Waals surface area contributed by atoms with E-state index in [1.807, 2.05) is 6.92 Å². The first-order valence-corrected chi connectivity index (χ1v) is 6.60. The van der Waals surface area contributed by atoms with Crippen LogP contribution in [0.1, 0.15) is 33.6 Å². The van der Waals surface area contributed by atoms with Crippen LogP contribution < -0.4 is 0 Å². The molecule has 0 aromatic rings. The highest BCUT2D eigenvalue weighted by Gasteiger charge is 2.18. The van der Waals surface area contributed by atoms with Gasteiger partial charge in [0.2, 0.25) is 0 Å². The van der Waals surface area contributed by atoms with Gasteiger partial charge in [0.15, 0.2) is 0 Å². The monoisotopic (exact) mass is 236 g/mol. The minimum Gasteiger partial charge on any atom is -0.304 e. The zero-order chi connectivity index (χ0) is 11.7. The molecule has 4 nitrogen and oxygen atoms in total. The molecule has 0 aliphatic heterocycles. The van der Waals surface area contributed by atoms with Crippen LogP contribution in [0.3, 0.4) is 0 Å². The van der Waals surface area contributed by atoms with Crippen molar-refractivity contribution in [2.45, 2.75) is 39.7 Å². The van der Waals surface area contributed by atoms with Crippen LogP contribution in [0.15, 0.2) is 0 Å². The number of hydrogen-bond donors (Lipinski definition) is 0. The van der Waals surface area contributed by atoms with Gasteiger partial charge in [-0.3, -0.25) is 0 Å². The molecular weight excluding hydrogens is 213 g/mol. The van der Waals surface area contributed by atoms with E-state index in [1.165, 1.54) is 0 Å². The van der Waals surface area contributed by atoms with Gasteiger partial charge in [0, 0.05) is 17.2 Å². The Morgan fingerprint density at radius 1 is 1.27 bits per heavy atom. The third-order valence-electron chi connectivity index (χ3n) is 2.13. The maximum atomic E-state index is 11.1. The number of hydrogen-bond acceptors (Lipinski definition) is 4. The van der Waals surface area contributed by atoms with Gasteiger partial charge in [0.1, 0.15) is 13.2 Å². The standard InChI is InChI=1S/C10H23NO3P/c1-5-8-13-15(12)14-9-6-7-11(4)10(2)3/h10H,5-9H2,1-4H3/q+1. The highest BCUT2D eigenvalue weighted by atomic mass is 31.1. The minimum atomic E-state index is -1.90. The smallest absolute Gasteiger partial charge is 0.304 e. The van der Waals surface area contributed by atoms with E-state index in [4.69, 9.17) is 9.05 Å². The second-order valence-electron chi connectivity index (χ2n) is 3.82. The van der Waals surface area contributed by atoms with E-state index >= 15 is 0 Å². The minimum absolute atomic E-state index is 0.496. The predicted molar refractivity (Wildman–Crippen MR) is 62.2 cm³/mol. The summed E-state index contributed by atoms with van der Waals surface area (Å²) in [5, 5.41) is 0. The van der Waals surface area contributed by atoms with Crippen LogP contribution in [0.4, 0.5) is 0 Å². The first-order chi connectivity index (χ1) is 7.07. The Balaban J connectivity index is 3.34. The molecule has 0 heterocycles. The molecular formula is C10H23NO3P+. The van der Waals surface area contributed by atoms with E-state index in [9.17, 15) is 4.57 Å². The zero-order valence-corrected chi connectivity index (χ0v) is 11.1. The molecule has 5 heteroatoms. The number of rotatable bonds is 9. The van der Waals surface area contributed by atoms with Crippen LogP contribution in [0.5, 0.6) is 0 Å². The fourth-order valence-electron chi connectivity index (χ4n) is 0.914. The van der Waals surface area contributed by atoms with E-state index in [0.717, 1.165) is 19.4 Å². The summed E-state index contributed by atoms with van der Waals surface area (Å²) in [6.45, 7) is 8.21. The average Bonchev–Trinajstić information content (AvgIpc) is 2.20. The summed E-state index contributed by atoms with van der Waals surface area (Å²) in [4.78, 5) is 2.23. The Kier molecular flexibility index (Phi) is 9.21. The molecule has 0 saturated heterocycles. The van der Waals surface area contributed by atoms with Gasteiger partial charge in [-0.25, -0.2) is 0 Å². The molecule has 0 spiro atoms. The van der Waals surface area contributed by atoms with Crippen LogP contribution in [0, 0.1) is 0 Å². The van der Waals surface area contributed by atoms with Gasteiger partial charge in [-0.15, -0.1) is 9.05 Å². The molecule has 1 unspecified atom stereocenters. The molecule has 0 aromatic heterocycles. The molecule has 0 N–H and O–H groups in total. The van der Waals surface area contributed by atoms with Gasteiger partial charge in [-0.05, 0) is 33.7 Å². The van der Waals surface area contributed by atoms with Crippen LogP contribution >= 0.6 is 8.25 Å². The van der Waals surface area contributed by atoms with Crippen molar-refractivity contribution in [3.8, 4) is 0 Å². The topological polar surface area (TPSA) is 38.8 Å². The molecule has 15 heavy (non-hydrogen) atoms. The summed E-state index contributed by atoms with van der Waals surface area (Å²) in [5.41, 5.74) is 0. The van der Waals surface area contributed by atoms with E-state index in [2.05, 4.69) is 25.8 Å². The quantitative estimate of drug-likeness (QED) is 0.456. The molecule has 1 atom stereocenters. The third-order valence-corrected chi connectivity index (χ3v) is 2.92. The van der Waals surface area contributed by atoms with Crippen molar-refractivity contribution in [1.29, 1.82) is 0 Å². The van der Waals surface area contributed by atoms with Gasteiger partial charge >= 0.3 is 8.25 Å². The van der Waals surface area contributed by atoms with Crippen molar-refractivity contribution < 1.29 is 13.6 Å². The summed E-state index contributed by atoms with van der Waals surface area (Å²) >= 11 is 0. The maximum absolute atomic E-state index is 11.1. The predicted octanol–water partition coefficient (Wildman–Crippen LogP) is 2.82. The Hall–Kier alpha value is -0.0200. The van der Waals surface area contributed by atoms with Crippen molar-refractivity contribution in [1.82, 2.24) is 4.90 Å². The Morgan fingerprint density at radius 2 is 1.87 bits per heavy atom. The molecule has 0 rings (SSSR count). The van der Waals surface area contributed by atoms with E-state index in [-0.39, 0.29) is 0 Å². The molecule has 0 aromatic carbocycles. The largest absolute Gasteiger partial charge is 0.697 e. The molecule has 0 bridgehead atoms. The highest BCUT2D eigenvalue weighted by molar-refractivity contribution is 7.33. The Morgan fingerprint density at radius 3 is 2.40 bits per heavy atom. The summed E-state index contributed by atoms with van der Waals surface area (Å²) in [7, 11) is 0.167. The average molecular weight is 236 g/mol. The first-order valence-electron chi connectivity index (χ1n) is 5.51. The molecule has 90 valence electrons. The lowest BCUT2D eigenvalue weighted by atomic mass is 10.3. The van der Waals surface area contributed by atoms with Crippen molar-refractivity contribution >= 4 is 8.25 Å². The van der Waals surface area contributed by atoms with Crippen molar-refractivity contribution in [2.24, 2.45) is 0 Å². The second-order valence-corrected chi connectivity index (χ2v) is 4.78. The fourth-order valence-corrected chi connectivity index (χ4v) is 1.60. The van der Waals surface area contributed by atoms with E-state index in [1.54, 1.807) is 0 Å². The van der Waals surface area contributed by atoms with Crippen LogP contribution in [-0.2, 0) is 13.6 Å². The van der Waals surface area contributed by atoms with Gasteiger partial charge < -0.3 is 4.90 Å². The van der Waals surface area contributed by atoms with Gasteiger partial charge in [0.25, 0.3) is 0 Å². The highest BCUT2D eigenvalue weighted by Crippen LogP contribution is 2.23. The fraction of sp³-hybridized carbons (Fsp3) is 1.00. The Labute approximate surface area is 93.9 Å². The molecule has 0 fully saturated rings. The molecule has 0 aliphatic carbocycles. The van der Waals surface area contributed by atoms with Gasteiger partial charge in [-0.2, -0.15) is 0 Å². The summed E-state index contributed by atoms with van der Waals surface area (Å²) < 4.78 is 21.0. The third kappa shape index (κ3) is 8.94.